The van der Waals surface area contributed by atoms with Gasteiger partial charge in [-0.2, -0.15) is 0 Å². The Bertz CT molecular complexity index is 752. The third-order valence-corrected chi connectivity index (χ3v) is 4.91. The summed E-state index contributed by atoms with van der Waals surface area (Å²) in [7, 11) is 1.37. The van der Waals surface area contributed by atoms with Crippen LogP contribution < -0.4 is 0 Å². The number of nitrogens with zero attached hydrogens (tertiary/aromatic N) is 2. The summed E-state index contributed by atoms with van der Waals surface area (Å²) in [5.41, 5.74) is 0.853. The Balaban J connectivity index is 1.77. The molecule has 0 aliphatic carbocycles. The predicted molar refractivity (Wildman–Crippen MR) is 86.0 cm³/mol. The first-order chi connectivity index (χ1) is 10.2. The summed E-state index contributed by atoms with van der Waals surface area (Å²) in [6, 6.07) is 4.69. The zero-order valence-electron chi connectivity index (χ0n) is 11.1. The van der Waals surface area contributed by atoms with Crippen LogP contribution in [-0.4, -0.2) is 40.0 Å². The Morgan fingerprint density at radius 3 is 3.14 bits per heavy atom. The highest BCUT2D eigenvalue weighted by molar-refractivity contribution is 8.14. The maximum atomic E-state index is 11.4. The molecule has 21 heavy (non-hydrogen) atoms. The van der Waals surface area contributed by atoms with Crippen LogP contribution in [0, 0.1) is 0 Å². The topological polar surface area (TPSA) is 71.8 Å². The SMILES string of the molecule is COC(=O)[C@H]1CSC(C=Cc2nc3ccc(O)cc3s2)=N1. The number of hydrogen-bond donors (Lipinski definition) is 1. The maximum absolute atomic E-state index is 11.4. The monoisotopic (exact) mass is 320 g/mol. The molecule has 2 heterocycles. The van der Waals surface area contributed by atoms with Crippen molar-refractivity contribution in [2.75, 3.05) is 12.9 Å². The summed E-state index contributed by atoms with van der Waals surface area (Å²) in [6.45, 7) is 0. The van der Waals surface area contributed by atoms with Gasteiger partial charge in [-0.3, -0.25) is 4.99 Å². The number of benzene rings is 1. The summed E-state index contributed by atoms with van der Waals surface area (Å²) < 4.78 is 5.61. The average Bonchev–Trinajstić information content (AvgIpc) is 3.10. The zero-order valence-corrected chi connectivity index (χ0v) is 12.8. The fraction of sp³-hybridized carbons (Fsp3) is 0.214. The van der Waals surface area contributed by atoms with E-state index in [1.807, 2.05) is 12.2 Å². The predicted octanol–water partition coefficient (Wildman–Crippen LogP) is 2.70. The molecule has 1 N–H and O–H groups in total. The highest BCUT2D eigenvalue weighted by Crippen LogP contribution is 2.27. The second-order valence-electron chi connectivity index (χ2n) is 4.35. The molecule has 5 nitrogen and oxygen atoms in total. The van der Waals surface area contributed by atoms with Crippen LogP contribution in [0.5, 0.6) is 5.75 Å². The molecule has 0 unspecified atom stereocenters. The van der Waals surface area contributed by atoms with Crippen LogP contribution in [0.4, 0.5) is 0 Å². The number of thiazole rings is 1. The van der Waals surface area contributed by atoms with Gasteiger partial charge in [-0.15, -0.1) is 23.1 Å². The third kappa shape index (κ3) is 3.08. The first kappa shape index (κ1) is 14.1. The molecule has 1 aliphatic heterocycles. The smallest absolute Gasteiger partial charge is 0.331 e. The molecule has 3 rings (SSSR count). The number of phenolic OH excluding ortho intramolecular Hbond substituents is 1. The molecule has 7 heteroatoms. The number of esters is 1. The minimum Gasteiger partial charge on any atom is -0.508 e. The molecule has 1 atom stereocenters. The van der Waals surface area contributed by atoms with Gasteiger partial charge in [-0.05, 0) is 30.4 Å². The fourth-order valence-corrected chi connectivity index (χ4v) is 3.69. The van der Waals surface area contributed by atoms with Gasteiger partial charge < -0.3 is 9.84 Å². The van der Waals surface area contributed by atoms with Crippen molar-refractivity contribution in [3.8, 4) is 5.75 Å². The van der Waals surface area contributed by atoms with E-state index >= 15 is 0 Å². The molecule has 1 aromatic heterocycles. The molecule has 0 saturated carbocycles. The summed E-state index contributed by atoms with van der Waals surface area (Å²) in [5, 5.41) is 11.1. The lowest BCUT2D eigenvalue weighted by Crippen LogP contribution is -2.19. The van der Waals surface area contributed by atoms with Crippen LogP contribution in [-0.2, 0) is 9.53 Å². The van der Waals surface area contributed by atoms with Crippen molar-refractivity contribution in [1.29, 1.82) is 0 Å². The molecule has 2 aromatic rings. The number of fused-ring (bicyclic) bond motifs is 1. The Labute approximate surface area is 129 Å². The van der Waals surface area contributed by atoms with Gasteiger partial charge >= 0.3 is 5.97 Å². The number of methoxy groups -OCH3 is 1. The first-order valence-corrected chi connectivity index (χ1v) is 8.02. The summed E-state index contributed by atoms with van der Waals surface area (Å²) in [6.07, 6.45) is 3.72. The van der Waals surface area contributed by atoms with Gasteiger partial charge in [0, 0.05) is 5.75 Å². The van der Waals surface area contributed by atoms with Crippen LogP contribution in [0.3, 0.4) is 0 Å². The number of carbonyl (C=O) groups is 1. The van der Waals surface area contributed by atoms with E-state index in [1.165, 1.54) is 30.2 Å². The van der Waals surface area contributed by atoms with Crippen molar-refractivity contribution in [2.45, 2.75) is 6.04 Å². The van der Waals surface area contributed by atoms with Gasteiger partial charge in [0.15, 0.2) is 6.04 Å². The normalized spacial score (nSPS) is 18.3. The molecular weight excluding hydrogens is 308 g/mol. The van der Waals surface area contributed by atoms with Crippen molar-refractivity contribution >= 4 is 50.4 Å². The lowest BCUT2D eigenvalue weighted by Gasteiger charge is -2.00. The number of aromatic nitrogens is 1. The van der Waals surface area contributed by atoms with Crippen LogP contribution in [0.2, 0.25) is 0 Å². The van der Waals surface area contributed by atoms with E-state index in [9.17, 15) is 9.90 Å². The number of carbonyl (C=O) groups excluding carboxylic acids is 1. The summed E-state index contributed by atoms with van der Waals surface area (Å²) in [4.78, 5) is 20.1. The summed E-state index contributed by atoms with van der Waals surface area (Å²) >= 11 is 3.01. The van der Waals surface area contributed by atoms with Crippen LogP contribution in [0.1, 0.15) is 5.01 Å². The van der Waals surface area contributed by atoms with E-state index in [4.69, 9.17) is 0 Å². The van der Waals surface area contributed by atoms with Crippen LogP contribution >= 0.6 is 23.1 Å². The lowest BCUT2D eigenvalue weighted by atomic mass is 10.3. The molecule has 0 fully saturated rings. The molecule has 0 saturated heterocycles. The third-order valence-electron chi connectivity index (χ3n) is 2.90. The summed E-state index contributed by atoms with van der Waals surface area (Å²) in [5.74, 6) is 0.541. The fourth-order valence-electron chi connectivity index (χ4n) is 1.89. The number of thioether (sulfide) groups is 1. The number of aromatic hydroxyl groups is 1. The van der Waals surface area contributed by atoms with Crippen LogP contribution in [0.15, 0.2) is 29.3 Å². The van der Waals surface area contributed by atoms with E-state index in [-0.39, 0.29) is 11.7 Å². The van der Waals surface area contributed by atoms with Crippen molar-refractivity contribution in [3.05, 3.63) is 29.3 Å². The largest absolute Gasteiger partial charge is 0.508 e. The Kier molecular flexibility index (Phi) is 3.94. The van der Waals surface area contributed by atoms with Gasteiger partial charge in [-0.25, -0.2) is 9.78 Å². The van der Waals surface area contributed by atoms with Crippen molar-refractivity contribution < 1.29 is 14.6 Å². The molecule has 108 valence electrons. The van der Waals surface area contributed by atoms with Gasteiger partial charge in [-0.1, -0.05) is 0 Å². The first-order valence-electron chi connectivity index (χ1n) is 6.22. The maximum Gasteiger partial charge on any atom is 0.331 e. The van der Waals surface area contributed by atoms with E-state index in [1.54, 1.807) is 18.2 Å². The number of phenols is 1. The van der Waals surface area contributed by atoms with Crippen molar-refractivity contribution in [2.24, 2.45) is 4.99 Å². The van der Waals surface area contributed by atoms with Gasteiger partial charge in [0.05, 0.1) is 22.4 Å². The van der Waals surface area contributed by atoms with Gasteiger partial charge in [0.2, 0.25) is 0 Å². The zero-order chi connectivity index (χ0) is 14.8. The number of aliphatic imine (C=N–C) groups is 1. The minimum atomic E-state index is -0.410. The lowest BCUT2D eigenvalue weighted by molar-refractivity contribution is -0.141. The standard InChI is InChI=1S/C14H12N2O3S2/c1-19-14(18)10-7-20-12(16-10)4-5-13-15-9-3-2-8(17)6-11(9)21-13/h2-6,10,17H,7H2,1H3/t10-/m1/s1. The highest BCUT2D eigenvalue weighted by Gasteiger charge is 2.24. The molecule has 0 amide bonds. The van der Waals surface area contributed by atoms with E-state index in [0.29, 0.717) is 5.75 Å². The second kappa shape index (κ2) is 5.87. The Morgan fingerprint density at radius 2 is 2.33 bits per heavy atom. The second-order valence-corrected chi connectivity index (χ2v) is 6.46. The molecular formula is C14H12N2O3S2. The van der Waals surface area contributed by atoms with E-state index in [0.717, 1.165) is 20.3 Å². The van der Waals surface area contributed by atoms with Crippen LogP contribution in [0.25, 0.3) is 16.3 Å². The molecule has 0 bridgehead atoms. The molecule has 0 radical (unpaired) electrons. The van der Waals surface area contributed by atoms with E-state index in [2.05, 4.69) is 14.7 Å². The average molecular weight is 320 g/mol. The van der Waals surface area contributed by atoms with Crippen molar-refractivity contribution in [3.63, 3.8) is 0 Å². The Morgan fingerprint density at radius 1 is 1.48 bits per heavy atom. The van der Waals surface area contributed by atoms with Crippen molar-refractivity contribution in [1.82, 2.24) is 4.98 Å². The van der Waals surface area contributed by atoms with E-state index < -0.39 is 6.04 Å². The van der Waals surface area contributed by atoms with Gasteiger partial charge in [0.1, 0.15) is 10.8 Å². The molecule has 0 spiro atoms. The minimum absolute atomic E-state index is 0.235. The molecule has 1 aromatic carbocycles. The quantitative estimate of drug-likeness (QED) is 0.880. The Hall–Kier alpha value is -1.86. The molecule has 1 aliphatic rings. The van der Waals surface area contributed by atoms with Gasteiger partial charge in [0.25, 0.3) is 0 Å². The highest BCUT2D eigenvalue weighted by atomic mass is 32.2. The number of ether oxygens (including phenoxy) is 1. The number of hydrogen-bond acceptors (Lipinski definition) is 7. The number of rotatable bonds is 3.